The van der Waals surface area contributed by atoms with E-state index in [4.69, 9.17) is 4.74 Å². The second-order valence-electron chi connectivity index (χ2n) is 8.48. The van der Waals surface area contributed by atoms with Crippen LogP contribution in [-0.4, -0.2) is 55.4 Å². The second-order valence-corrected chi connectivity index (χ2v) is 10.6. The van der Waals surface area contributed by atoms with E-state index in [1.165, 1.54) is 24.0 Å². The van der Waals surface area contributed by atoms with Gasteiger partial charge in [0.1, 0.15) is 18.2 Å². The molecule has 0 bridgehead atoms. The van der Waals surface area contributed by atoms with Crippen LogP contribution in [0.3, 0.4) is 0 Å². The van der Waals surface area contributed by atoms with Crippen molar-refractivity contribution in [3.8, 4) is 5.75 Å². The van der Waals surface area contributed by atoms with Gasteiger partial charge < -0.3 is 14.6 Å². The number of nitrogens with one attached hydrogen (secondary N) is 1. The summed E-state index contributed by atoms with van der Waals surface area (Å²) in [6.07, 6.45) is 2.76. The van der Waals surface area contributed by atoms with Gasteiger partial charge in [0.25, 0.3) is 0 Å². The fraction of sp³-hybridized carbons (Fsp3) is 0.440. The van der Waals surface area contributed by atoms with Gasteiger partial charge in [-0.2, -0.15) is 0 Å². The number of rotatable bonds is 12. The van der Waals surface area contributed by atoms with Crippen molar-refractivity contribution in [3.63, 3.8) is 0 Å². The Kier molecular flexibility index (Phi) is 8.68. The van der Waals surface area contributed by atoms with Crippen molar-refractivity contribution in [2.24, 2.45) is 0 Å². The van der Waals surface area contributed by atoms with Gasteiger partial charge in [-0.3, -0.25) is 4.79 Å². The van der Waals surface area contributed by atoms with Crippen LogP contribution in [-0.2, 0) is 27.8 Å². The molecule has 0 aliphatic heterocycles. The number of nitrogens with zero attached hydrogens (tertiary/aromatic N) is 3. The van der Waals surface area contributed by atoms with Crippen LogP contribution in [0.15, 0.2) is 47.4 Å². The number of aryl methyl sites for hydroxylation is 3. The molecule has 0 fully saturated rings. The maximum absolute atomic E-state index is 12.5. The van der Waals surface area contributed by atoms with Crippen molar-refractivity contribution in [2.75, 3.05) is 27.2 Å². The zero-order valence-electron chi connectivity index (χ0n) is 20.4. The summed E-state index contributed by atoms with van der Waals surface area (Å²) in [5.74, 6) is 1.49. The van der Waals surface area contributed by atoms with E-state index in [2.05, 4.69) is 21.8 Å². The monoisotopic (exact) mass is 486 g/mol. The van der Waals surface area contributed by atoms with E-state index in [0.717, 1.165) is 36.5 Å². The number of sulfonamides is 1. The van der Waals surface area contributed by atoms with Crippen LogP contribution >= 0.6 is 0 Å². The molecule has 9 heteroatoms. The molecule has 1 amide bonds. The third kappa shape index (κ3) is 6.36. The topological polar surface area (TPSA) is 93.5 Å². The van der Waals surface area contributed by atoms with Crippen LogP contribution in [0.5, 0.6) is 5.75 Å². The first-order valence-electron chi connectivity index (χ1n) is 11.6. The number of hydrogen-bond donors (Lipinski definition) is 1. The maximum atomic E-state index is 12.5. The lowest BCUT2D eigenvalue weighted by Crippen LogP contribution is -2.28. The lowest BCUT2D eigenvalue weighted by Gasteiger charge is -2.11. The normalized spacial score (nSPS) is 11.8. The van der Waals surface area contributed by atoms with E-state index in [-0.39, 0.29) is 10.8 Å². The molecule has 0 saturated carbocycles. The number of carbonyl (C=O) groups excluding carboxylic acids is 1. The van der Waals surface area contributed by atoms with Gasteiger partial charge in [0.15, 0.2) is 0 Å². The van der Waals surface area contributed by atoms with Crippen molar-refractivity contribution < 1.29 is 17.9 Å². The van der Waals surface area contributed by atoms with Gasteiger partial charge in [-0.15, -0.1) is 0 Å². The molecule has 1 aromatic heterocycles. The second kappa shape index (κ2) is 11.5. The SMILES string of the molecule is CCCCn1c(CCC(=O)NCCOc2ccc(C)cc2)nc2cc(S(=O)(=O)N(C)C)ccc21. The minimum absolute atomic E-state index is 0.0718. The average molecular weight is 487 g/mol. The Labute approximate surface area is 202 Å². The van der Waals surface area contributed by atoms with Gasteiger partial charge >= 0.3 is 0 Å². The first-order valence-corrected chi connectivity index (χ1v) is 13.0. The zero-order valence-corrected chi connectivity index (χ0v) is 21.2. The molecule has 3 rings (SSSR count). The number of benzene rings is 2. The Morgan fingerprint density at radius 1 is 1.15 bits per heavy atom. The van der Waals surface area contributed by atoms with Crippen molar-refractivity contribution in [2.45, 2.75) is 51.0 Å². The molecule has 0 atom stereocenters. The largest absolute Gasteiger partial charge is 0.492 e. The number of aromatic nitrogens is 2. The minimum Gasteiger partial charge on any atom is -0.492 e. The molecule has 0 radical (unpaired) electrons. The predicted molar refractivity (Wildman–Crippen MR) is 134 cm³/mol. The molecule has 1 N–H and O–H groups in total. The van der Waals surface area contributed by atoms with E-state index >= 15 is 0 Å². The lowest BCUT2D eigenvalue weighted by atomic mass is 10.2. The molecule has 0 aliphatic rings. The highest BCUT2D eigenvalue weighted by molar-refractivity contribution is 7.89. The smallest absolute Gasteiger partial charge is 0.242 e. The third-order valence-electron chi connectivity index (χ3n) is 5.60. The molecule has 3 aromatic rings. The Morgan fingerprint density at radius 3 is 2.56 bits per heavy atom. The highest BCUT2D eigenvalue weighted by Crippen LogP contribution is 2.23. The summed E-state index contributed by atoms with van der Waals surface area (Å²) in [6.45, 7) is 5.73. The standard InChI is InChI=1S/C25H34N4O4S/c1-5-6-16-29-23-12-11-21(34(31,32)28(3)4)18-22(23)27-24(29)13-14-25(30)26-15-17-33-20-9-7-19(2)8-10-20/h7-12,18H,5-6,13-17H2,1-4H3,(H,26,30). The van der Waals surface area contributed by atoms with E-state index in [1.807, 2.05) is 31.2 Å². The molecule has 0 saturated heterocycles. The first-order chi connectivity index (χ1) is 16.2. The van der Waals surface area contributed by atoms with Gasteiger partial charge in [0, 0.05) is 33.5 Å². The first kappa shape index (κ1) is 25.7. The summed E-state index contributed by atoms with van der Waals surface area (Å²) < 4.78 is 34.0. The van der Waals surface area contributed by atoms with Crippen LogP contribution in [0.25, 0.3) is 11.0 Å². The summed E-state index contributed by atoms with van der Waals surface area (Å²) in [6, 6.07) is 12.8. The number of amides is 1. The van der Waals surface area contributed by atoms with Crippen molar-refractivity contribution in [1.29, 1.82) is 0 Å². The highest BCUT2D eigenvalue weighted by atomic mass is 32.2. The highest BCUT2D eigenvalue weighted by Gasteiger charge is 2.20. The summed E-state index contributed by atoms with van der Waals surface area (Å²) in [5.41, 5.74) is 2.68. The van der Waals surface area contributed by atoms with Crippen LogP contribution < -0.4 is 10.1 Å². The molecule has 8 nitrogen and oxygen atoms in total. The number of fused-ring (bicyclic) bond motifs is 1. The molecule has 0 unspecified atom stereocenters. The van der Waals surface area contributed by atoms with Gasteiger partial charge in [-0.05, 0) is 43.7 Å². The van der Waals surface area contributed by atoms with E-state index in [1.54, 1.807) is 18.2 Å². The van der Waals surface area contributed by atoms with Crippen LogP contribution in [0.1, 0.15) is 37.6 Å². The molecule has 2 aromatic carbocycles. The van der Waals surface area contributed by atoms with Gasteiger partial charge in [0.2, 0.25) is 15.9 Å². The lowest BCUT2D eigenvalue weighted by molar-refractivity contribution is -0.121. The summed E-state index contributed by atoms with van der Waals surface area (Å²) in [7, 11) is -0.523. The van der Waals surface area contributed by atoms with Crippen molar-refractivity contribution >= 4 is 27.0 Å². The fourth-order valence-electron chi connectivity index (χ4n) is 3.59. The number of unbranched alkanes of at least 4 members (excludes halogenated alkanes) is 1. The van der Waals surface area contributed by atoms with Gasteiger partial charge in [-0.25, -0.2) is 17.7 Å². The minimum atomic E-state index is -3.54. The van der Waals surface area contributed by atoms with E-state index in [9.17, 15) is 13.2 Å². The fourth-order valence-corrected chi connectivity index (χ4v) is 4.52. The quantitative estimate of drug-likeness (QED) is 0.396. The summed E-state index contributed by atoms with van der Waals surface area (Å²) in [5, 5.41) is 2.89. The third-order valence-corrected chi connectivity index (χ3v) is 7.41. The average Bonchev–Trinajstić information content (AvgIpc) is 3.16. The maximum Gasteiger partial charge on any atom is 0.242 e. The van der Waals surface area contributed by atoms with Crippen molar-refractivity contribution in [1.82, 2.24) is 19.2 Å². The molecule has 34 heavy (non-hydrogen) atoms. The molecule has 184 valence electrons. The Morgan fingerprint density at radius 2 is 1.88 bits per heavy atom. The summed E-state index contributed by atoms with van der Waals surface area (Å²) in [4.78, 5) is 17.3. The van der Waals surface area contributed by atoms with Crippen molar-refractivity contribution in [3.05, 3.63) is 53.9 Å². The van der Waals surface area contributed by atoms with E-state index in [0.29, 0.717) is 31.5 Å². The van der Waals surface area contributed by atoms with Crippen LogP contribution in [0.4, 0.5) is 0 Å². The van der Waals surface area contributed by atoms with E-state index < -0.39 is 10.0 Å². The zero-order chi connectivity index (χ0) is 24.7. The number of imidazole rings is 1. The predicted octanol–water partition coefficient (Wildman–Crippen LogP) is 3.52. The molecule has 0 aliphatic carbocycles. The number of ether oxygens (including phenoxy) is 1. The van der Waals surface area contributed by atoms with Crippen LogP contribution in [0, 0.1) is 6.92 Å². The number of hydrogen-bond acceptors (Lipinski definition) is 5. The molecular weight excluding hydrogens is 452 g/mol. The molecule has 0 spiro atoms. The van der Waals surface area contributed by atoms with Crippen LogP contribution in [0.2, 0.25) is 0 Å². The molecule has 1 heterocycles. The van der Waals surface area contributed by atoms with Gasteiger partial charge in [0.05, 0.1) is 22.5 Å². The van der Waals surface area contributed by atoms with Gasteiger partial charge in [-0.1, -0.05) is 31.0 Å². The Balaban J connectivity index is 1.63. The Bertz CT molecular complexity index is 1220. The summed E-state index contributed by atoms with van der Waals surface area (Å²) >= 11 is 0. The Hall–Kier alpha value is -2.91. The molecular formula is C25H34N4O4S. The number of carbonyl (C=O) groups is 1.